The second kappa shape index (κ2) is 6.80. The van der Waals surface area contributed by atoms with Crippen LogP contribution in [0.15, 0.2) is 39.0 Å². The van der Waals surface area contributed by atoms with Crippen LogP contribution in [0.5, 0.6) is 0 Å². The van der Waals surface area contributed by atoms with Crippen molar-refractivity contribution < 1.29 is 13.2 Å². The van der Waals surface area contributed by atoms with E-state index >= 15 is 0 Å². The van der Waals surface area contributed by atoms with Gasteiger partial charge >= 0.3 is 0 Å². The van der Waals surface area contributed by atoms with Crippen LogP contribution < -0.4 is 10.0 Å². The highest BCUT2D eigenvalue weighted by Crippen LogP contribution is 2.26. The van der Waals surface area contributed by atoms with Crippen LogP contribution in [0.3, 0.4) is 0 Å². The van der Waals surface area contributed by atoms with Gasteiger partial charge in [-0.2, -0.15) is 0 Å². The van der Waals surface area contributed by atoms with Crippen molar-refractivity contribution in [3.05, 3.63) is 45.2 Å². The van der Waals surface area contributed by atoms with Gasteiger partial charge in [-0.3, -0.25) is 9.52 Å². The third kappa shape index (κ3) is 4.31. The predicted molar refractivity (Wildman–Crippen MR) is 91.5 cm³/mol. The van der Waals surface area contributed by atoms with E-state index in [1.807, 2.05) is 6.92 Å². The van der Waals surface area contributed by atoms with Gasteiger partial charge in [0.05, 0.1) is 6.54 Å². The quantitative estimate of drug-likeness (QED) is 0.805. The Labute approximate surface area is 141 Å². The molecule has 2 rings (SSSR count). The van der Waals surface area contributed by atoms with E-state index < -0.39 is 10.0 Å². The molecule has 5 nitrogen and oxygen atoms in total. The second-order valence-electron chi connectivity index (χ2n) is 4.70. The minimum atomic E-state index is -3.62. The number of sulfonamides is 1. The first-order valence-corrected chi connectivity index (χ1v) is 9.49. The van der Waals surface area contributed by atoms with E-state index in [0.717, 1.165) is 26.3 Å². The zero-order chi connectivity index (χ0) is 16.3. The largest absolute Gasteiger partial charge is 0.351 e. The first-order chi connectivity index (χ1) is 10.3. The Morgan fingerprint density at radius 1 is 1.27 bits per heavy atom. The van der Waals surface area contributed by atoms with Gasteiger partial charge in [0, 0.05) is 22.0 Å². The molecule has 0 aliphatic carbocycles. The van der Waals surface area contributed by atoms with Crippen molar-refractivity contribution in [1.82, 2.24) is 5.32 Å². The number of amides is 1. The van der Waals surface area contributed by atoms with Crippen LogP contribution in [0.2, 0.25) is 0 Å². The first-order valence-electron chi connectivity index (χ1n) is 6.40. The number of halogens is 1. The summed E-state index contributed by atoms with van der Waals surface area (Å²) >= 11 is 4.51. The highest BCUT2D eigenvalue weighted by molar-refractivity contribution is 9.10. The van der Waals surface area contributed by atoms with Gasteiger partial charge in [-0.05, 0) is 42.8 Å². The first kappa shape index (κ1) is 17.0. The molecule has 0 saturated heterocycles. The third-order valence-corrected chi connectivity index (χ3v) is 6.67. The van der Waals surface area contributed by atoms with Crippen molar-refractivity contribution in [2.75, 3.05) is 4.72 Å². The van der Waals surface area contributed by atoms with Crippen molar-refractivity contribution in [2.45, 2.75) is 24.6 Å². The number of carbonyl (C=O) groups is 1. The van der Waals surface area contributed by atoms with E-state index in [2.05, 4.69) is 26.0 Å². The van der Waals surface area contributed by atoms with Crippen LogP contribution >= 0.6 is 27.3 Å². The van der Waals surface area contributed by atoms with Crippen molar-refractivity contribution >= 4 is 48.9 Å². The van der Waals surface area contributed by atoms with Crippen molar-refractivity contribution in [3.8, 4) is 0 Å². The third-order valence-electron chi connectivity index (χ3n) is 2.82. The van der Waals surface area contributed by atoms with Gasteiger partial charge in [0.2, 0.25) is 5.91 Å². The summed E-state index contributed by atoms with van der Waals surface area (Å²) in [4.78, 5) is 11.7. The Morgan fingerprint density at radius 2 is 2.00 bits per heavy atom. The molecule has 1 aromatic heterocycles. The Hall–Kier alpha value is -1.38. The smallest absolute Gasteiger partial charge is 0.271 e. The van der Waals surface area contributed by atoms with E-state index in [-0.39, 0.29) is 10.1 Å². The molecule has 22 heavy (non-hydrogen) atoms. The summed E-state index contributed by atoms with van der Waals surface area (Å²) in [6.07, 6.45) is 0. The Morgan fingerprint density at radius 3 is 2.64 bits per heavy atom. The maximum absolute atomic E-state index is 12.3. The van der Waals surface area contributed by atoms with Crippen molar-refractivity contribution in [3.63, 3.8) is 0 Å². The van der Waals surface area contributed by atoms with Gasteiger partial charge in [-0.25, -0.2) is 8.42 Å². The van der Waals surface area contributed by atoms with Gasteiger partial charge in [0.1, 0.15) is 4.21 Å². The molecule has 1 heterocycles. The lowest BCUT2D eigenvalue weighted by Crippen LogP contribution is -2.18. The predicted octanol–water partition coefficient (Wildman–Crippen LogP) is 3.26. The summed E-state index contributed by atoms with van der Waals surface area (Å²) in [5, 5.41) is 2.64. The van der Waals surface area contributed by atoms with Crippen LogP contribution in [0.4, 0.5) is 5.69 Å². The van der Waals surface area contributed by atoms with Crippen LogP contribution in [-0.4, -0.2) is 14.3 Å². The number of thiophene rings is 1. The normalized spacial score (nSPS) is 11.2. The molecule has 1 amide bonds. The van der Waals surface area contributed by atoms with Crippen molar-refractivity contribution in [2.24, 2.45) is 0 Å². The van der Waals surface area contributed by atoms with Gasteiger partial charge in [-0.15, -0.1) is 11.3 Å². The average molecular weight is 403 g/mol. The van der Waals surface area contributed by atoms with E-state index in [9.17, 15) is 13.2 Å². The number of nitrogens with one attached hydrogen (secondary N) is 2. The molecule has 1 aromatic carbocycles. The lowest BCUT2D eigenvalue weighted by Gasteiger charge is -2.08. The molecule has 2 aromatic rings. The van der Waals surface area contributed by atoms with Crippen LogP contribution in [0, 0.1) is 6.92 Å². The highest BCUT2D eigenvalue weighted by Gasteiger charge is 2.17. The zero-order valence-corrected chi connectivity index (χ0v) is 15.2. The number of benzene rings is 1. The molecule has 0 aliphatic rings. The number of hydrogen-bond donors (Lipinski definition) is 2. The molecule has 0 aliphatic heterocycles. The van der Waals surface area contributed by atoms with Crippen LogP contribution in [0.1, 0.15) is 17.4 Å². The van der Waals surface area contributed by atoms with Gasteiger partial charge in [-0.1, -0.05) is 15.9 Å². The Bertz CT molecular complexity index is 800. The fourth-order valence-corrected chi connectivity index (χ4v) is 4.31. The van der Waals surface area contributed by atoms with E-state index in [4.69, 9.17) is 0 Å². The summed E-state index contributed by atoms with van der Waals surface area (Å²) in [6, 6.07) is 8.48. The maximum atomic E-state index is 12.3. The molecule has 0 fully saturated rings. The van der Waals surface area contributed by atoms with Crippen LogP contribution in [-0.2, 0) is 21.4 Å². The van der Waals surface area contributed by atoms with Crippen LogP contribution in [0.25, 0.3) is 0 Å². The molecular weight excluding hydrogens is 388 g/mol. The molecule has 0 saturated carbocycles. The molecule has 2 N–H and O–H groups in total. The molecule has 0 bridgehead atoms. The van der Waals surface area contributed by atoms with E-state index in [1.165, 1.54) is 13.0 Å². The highest BCUT2D eigenvalue weighted by atomic mass is 79.9. The van der Waals surface area contributed by atoms with Crippen molar-refractivity contribution in [1.29, 1.82) is 0 Å². The molecule has 118 valence electrons. The molecule has 0 unspecified atom stereocenters. The summed E-state index contributed by atoms with van der Waals surface area (Å²) in [5.74, 6) is -0.152. The summed E-state index contributed by atoms with van der Waals surface area (Å²) in [6.45, 7) is 3.63. The minimum absolute atomic E-state index is 0.152. The number of anilines is 1. The zero-order valence-electron chi connectivity index (χ0n) is 12.0. The standard InChI is InChI=1S/C14H15BrN2O3S2/c1-9-7-11(3-5-13(9)15)17-22(19,20)14-6-4-12(21-14)8-16-10(2)18/h3-7,17H,8H2,1-2H3,(H,16,18). The van der Waals surface area contributed by atoms with E-state index in [1.54, 1.807) is 24.3 Å². The number of carbonyl (C=O) groups excluding carboxylic acids is 1. The fraction of sp³-hybridized carbons (Fsp3) is 0.214. The molecule has 0 spiro atoms. The lowest BCUT2D eigenvalue weighted by molar-refractivity contribution is -0.119. The van der Waals surface area contributed by atoms with Gasteiger partial charge < -0.3 is 5.32 Å². The minimum Gasteiger partial charge on any atom is -0.351 e. The topological polar surface area (TPSA) is 75.3 Å². The Kier molecular flexibility index (Phi) is 5.25. The molecule has 8 heteroatoms. The molecule has 0 atom stereocenters. The average Bonchev–Trinajstić information content (AvgIpc) is 2.90. The summed E-state index contributed by atoms with van der Waals surface area (Å²) < 4.78 is 28.4. The summed E-state index contributed by atoms with van der Waals surface area (Å²) in [5.41, 5.74) is 1.45. The molecular formula is C14H15BrN2O3S2. The second-order valence-corrected chi connectivity index (χ2v) is 8.63. The summed E-state index contributed by atoms with van der Waals surface area (Å²) in [7, 11) is -3.62. The number of rotatable bonds is 5. The van der Waals surface area contributed by atoms with E-state index in [0.29, 0.717) is 12.2 Å². The fourth-order valence-electron chi connectivity index (χ4n) is 1.72. The maximum Gasteiger partial charge on any atom is 0.271 e. The monoisotopic (exact) mass is 402 g/mol. The Balaban J connectivity index is 2.16. The van der Waals surface area contributed by atoms with Gasteiger partial charge in [0.25, 0.3) is 10.0 Å². The molecule has 0 radical (unpaired) electrons. The lowest BCUT2D eigenvalue weighted by atomic mass is 10.2. The van der Waals surface area contributed by atoms with Gasteiger partial charge in [0.15, 0.2) is 0 Å². The number of aryl methyl sites for hydroxylation is 1. The SMILES string of the molecule is CC(=O)NCc1ccc(S(=O)(=O)Nc2ccc(Br)c(C)c2)s1. The number of hydrogen-bond acceptors (Lipinski definition) is 4.